The average molecular weight is 156 g/mol. The standard InChI is InChI=1S/C5H11F3N2/c1-4(2-9)10-3-5(6,7)8/h4,10H,2-3,9H2,1H3/t4-/m1/s1. The molecule has 0 saturated heterocycles. The molecule has 0 aromatic rings. The fourth-order valence-corrected chi connectivity index (χ4v) is 0.373. The Balaban J connectivity index is 3.36. The minimum atomic E-state index is -4.14. The van der Waals surface area contributed by atoms with E-state index < -0.39 is 12.7 Å². The second-order valence-corrected chi connectivity index (χ2v) is 2.13. The van der Waals surface area contributed by atoms with Crippen LogP contribution in [0, 0.1) is 0 Å². The first kappa shape index (κ1) is 9.71. The fraction of sp³-hybridized carbons (Fsp3) is 1.00. The molecule has 0 aromatic heterocycles. The van der Waals surface area contributed by atoms with Crippen LogP contribution in [0.5, 0.6) is 0 Å². The van der Waals surface area contributed by atoms with E-state index in [-0.39, 0.29) is 12.6 Å². The van der Waals surface area contributed by atoms with Gasteiger partial charge < -0.3 is 11.1 Å². The van der Waals surface area contributed by atoms with Gasteiger partial charge in [0.2, 0.25) is 0 Å². The summed E-state index contributed by atoms with van der Waals surface area (Å²) in [6, 6.07) is -0.276. The van der Waals surface area contributed by atoms with Crippen molar-refractivity contribution in [3.8, 4) is 0 Å². The molecule has 0 radical (unpaired) electrons. The molecule has 1 atom stereocenters. The van der Waals surface area contributed by atoms with Crippen LogP contribution in [0.2, 0.25) is 0 Å². The number of hydrogen-bond acceptors (Lipinski definition) is 2. The van der Waals surface area contributed by atoms with Crippen LogP contribution in [0.4, 0.5) is 13.2 Å². The summed E-state index contributed by atoms with van der Waals surface area (Å²) < 4.78 is 34.3. The normalized spacial score (nSPS) is 15.3. The summed E-state index contributed by atoms with van der Waals surface area (Å²) in [6.45, 7) is 0.854. The van der Waals surface area contributed by atoms with Crippen LogP contribution in [0.15, 0.2) is 0 Å². The summed E-state index contributed by atoms with van der Waals surface area (Å²) in [4.78, 5) is 0. The van der Waals surface area contributed by atoms with E-state index >= 15 is 0 Å². The van der Waals surface area contributed by atoms with Gasteiger partial charge in [-0.2, -0.15) is 13.2 Å². The summed E-state index contributed by atoms with van der Waals surface area (Å²) in [7, 11) is 0. The van der Waals surface area contributed by atoms with Crippen molar-refractivity contribution >= 4 is 0 Å². The third kappa shape index (κ3) is 5.84. The van der Waals surface area contributed by atoms with Crippen molar-refractivity contribution in [3.05, 3.63) is 0 Å². The highest BCUT2D eigenvalue weighted by molar-refractivity contribution is 4.63. The zero-order valence-corrected chi connectivity index (χ0v) is 5.70. The maximum Gasteiger partial charge on any atom is 0.401 e. The summed E-state index contributed by atoms with van der Waals surface area (Å²) in [5.74, 6) is 0. The quantitative estimate of drug-likeness (QED) is 0.624. The fourth-order valence-electron chi connectivity index (χ4n) is 0.373. The SMILES string of the molecule is C[C@H](CN)NCC(F)(F)F. The zero-order valence-electron chi connectivity index (χ0n) is 5.70. The third-order valence-corrected chi connectivity index (χ3v) is 1.00. The molecular formula is C5H11F3N2. The van der Waals surface area contributed by atoms with Gasteiger partial charge in [0, 0.05) is 12.6 Å². The Morgan fingerprint density at radius 3 is 2.30 bits per heavy atom. The van der Waals surface area contributed by atoms with Crippen molar-refractivity contribution in [1.29, 1.82) is 0 Å². The Kier molecular flexibility index (Phi) is 3.67. The van der Waals surface area contributed by atoms with E-state index in [0.29, 0.717) is 0 Å². The van der Waals surface area contributed by atoms with E-state index in [4.69, 9.17) is 5.73 Å². The maximum atomic E-state index is 11.4. The molecule has 5 heteroatoms. The minimum absolute atomic E-state index is 0.218. The molecule has 0 heterocycles. The molecule has 0 aliphatic heterocycles. The Morgan fingerprint density at radius 1 is 1.50 bits per heavy atom. The molecule has 0 unspecified atom stereocenters. The van der Waals surface area contributed by atoms with Gasteiger partial charge in [-0.05, 0) is 6.92 Å². The van der Waals surface area contributed by atoms with Crippen molar-refractivity contribution in [2.45, 2.75) is 19.1 Å². The summed E-state index contributed by atoms with van der Waals surface area (Å²) in [5.41, 5.74) is 5.07. The highest BCUT2D eigenvalue weighted by Gasteiger charge is 2.26. The predicted molar refractivity (Wildman–Crippen MR) is 32.6 cm³/mol. The molecule has 10 heavy (non-hydrogen) atoms. The molecule has 0 aromatic carbocycles. The van der Waals surface area contributed by atoms with Gasteiger partial charge in [0.25, 0.3) is 0 Å². The number of rotatable bonds is 3. The van der Waals surface area contributed by atoms with Crippen LogP contribution in [0.1, 0.15) is 6.92 Å². The molecule has 0 aliphatic rings. The monoisotopic (exact) mass is 156 g/mol. The zero-order chi connectivity index (χ0) is 8.20. The molecule has 62 valence electrons. The van der Waals surface area contributed by atoms with Gasteiger partial charge in [0.15, 0.2) is 0 Å². The van der Waals surface area contributed by atoms with E-state index in [1.807, 2.05) is 0 Å². The predicted octanol–water partition coefficient (Wildman–Crippen LogP) is 0.486. The van der Waals surface area contributed by atoms with E-state index in [9.17, 15) is 13.2 Å². The van der Waals surface area contributed by atoms with Crippen LogP contribution in [0.3, 0.4) is 0 Å². The highest BCUT2D eigenvalue weighted by atomic mass is 19.4. The molecule has 0 aliphatic carbocycles. The lowest BCUT2D eigenvalue weighted by molar-refractivity contribution is -0.125. The van der Waals surface area contributed by atoms with Gasteiger partial charge in [-0.3, -0.25) is 0 Å². The second-order valence-electron chi connectivity index (χ2n) is 2.13. The van der Waals surface area contributed by atoms with Crippen LogP contribution in [-0.4, -0.2) is 25.3 Å². The first-order valence-corrected chi connectivity index (χ1v) is 2.96. The Labute approximate surface area is 57.6 Å². The number of alkyl halides is 3. The number of hydrogen-bond donors (Lipinski definition) is 2. The molecular weight excluding hydrogens is 145 g/mol. The molecule has 0 rings (SSSR count). The van der Waals surface area contributed by atoms with E-state index in [1.165, 1.54) is 0 Å². The Morgan fingerprint density at radius 2 is 2.00 bits per heavy atom. The Bertz CT molecular complexity index is 91.4. The third-order valence-electron chi connectivity index (χ3n) is 1.00. The lowest BCUT2D eigenvalue weighted by atomic mass is 10.3. The lowest BCUT2D eigenvalue weighted by Crippen LogP contribution is -2.39. The molecule has 0 bridgehead atoms. The average Bonchev–Trinajstić information content (AvgIpc) is 1.81. The maximum absolute atomic E-state index is 11.4. The highest BCUT2D eigenvalue weighted by Crippen LogP contribution is 2.12. The van der Waals surface area contributed by atoms with Gasteiger partial charge in [0.05, 0.1) is 6.54 Å². The largest absolute Gasteiger partial charge is 0.401 e. The van der Waals surface area contributed by atoms with Crippen LogP contribution in [-0.2, 0) is 0 Å². The van der Waals surface area contributed by atoms with Gasteiger partial charge >= 0.3 is 6.18 Å². The first-order valence-electron chi connectivity index (χ1n) is 2.96. The van der Waals surface area contributed by atoms with Crippen molar-refractivity contribution < 1.29 is 13.2 Å². The molecule has 0 saturated carbocycles. The van der Waals surface area contributed by atoms with E-state index in [2.05, 4.69) is 5.32 Å². The first-order chi connectivity index (χ1) is 4.45. The number of nitrogens with two attached hydrogens (primary N) is 1. The van der Waals surface area contributed by atoms with Crippen LogP contribution >= 0.6 is 0 Å². The molecule has 0 spiro atoms. The number of halogens is 3. The second kappa shape index (κ2) is 3.78. The summed E-state index contributed by atoms with van der Waals surface area (Å²) in [6.07, 6.45) is -4.14. The van der Waals surface area contributed by atoms with Crippen LogP contribution < -0.4 is 11.1 Å². The summed E-state index contributed by atoms with van der Waals surface area (Å²) in [5, 5.41) is 2.22. The molecule has 3 N–H and O–H groups in total. The van der Waals surface area contributed by atoms with Gasteiger partial charge in [-0.15, -0.1) is 0 Å². The minimum Gasteiger partial charge on any atom is -0.329 e. The van der Waals surface area contributed by atoms with Crippen LogP contribution in [0.25, 0.3) is 0 Å². The van der Waals surface area contributed by atoms with Gasteiger partial charge in [-0.25, -0.2) is 0 Å². The van der Waals surface area contributed by atoms with Gasteiger partial charge in [0.1, 0.15) is 0 Å². The van der Waals surface area contributed by atoms with E-state index in [0.717, 1.165) is 0 Å². The Hall–Kier alpha value is -0.290. The molecule has 0 fully saturated rings. The smallest absolute Gasteiger partial charge is 0.329 e. The van der Waals surface area contributed by atoms with E-state index in [1.54, 1.807) is 6.92 Å². The van der Waals surface area contributed by atoms with Crippen molar-refractivity contribution in [2.75, 3.05) is 13.1 Å². The summed E-state index contributed by atoms with van der Waals surface area (Å²) >= 11 is 0. The van der Waals surface area contributed by atoms with Gasteiger partial charge in [-0.1, -0.05) is 0 Å². The van der Waals surface area contributed by atoms with Crippen molar-refractivity contribution in [3.63, 3.8) is 0 Å². The van der Waals surface area contributed by atoms with Crippen molar-refractivity contribution in [2.24, 2.45) is 5.73 Å². The molecule has 2 nitrogen and oxygen atoms in total. The lowest BCUT2D eigenvalue weighted by Gasteiger charge is -2.12. The van der Waals surface area contributed by atoms with Crippen molar-refractivity contribution in [1.82, 2.24) is 5.32 Å². The molecule has 0 amide bonds. The topological polar surface area (TPSA) is 38.0 Å². The number of nitrogens with one attached hydrogen (secondary N) is 1.